The molecule has 2 amide bonds. The SMILES string of the molecule is CC(C)CCOc1ccc(C(=O)Nc2ccc(NC(=O)c3ccc(C(C)(C)C)cc3)cc2)cc1. The van der Waals surface area contributed by atoms with E-state index in [0.29, 0.717) is 35.0 Å². The summed E-state index contributed by atoms with van der Waals surface area (Å²) in [5.74, 6) is 0.965. The first-order chi connectivity index (χ1) is 16.1. The molecule has 5 nitrogen and oxygen atoms in total. The number of nitrogens with one attached hydrogen (secondary N) is 2. The Morgan fingerprint density at radius 2 is 1.18 bits per heavy atom. The van der Waals surface area contributed by atoms with E-state index in [-0.39, 0.29) is 17.2 Å². The highest BCUT2D eigenvalue weighted by molar-refractivity contribution is 6.05. The minimum atomic E-state index is -0.204. The van der Waals surface area contributed by atoms with Crippen LogP contribution in [0.4, 0.5) is 11.4 Å². The molecule has 0 unspecified atom stereocenters. The highest BCUT2D eigenvalue weighted by Gasteiger charge is 2.14. The van der Waals surface area contributed by atoms with E-state index >= 15 is 0 Å². The molecule has 0 saturated heterocycles. The summed E-state index contributed by atoms with van der Waals surface area (Å²) in [4.78, 5) is 25.1. The van der Waals surface area contributed by atoms with Gasteiger partial charge in [0.05, 0.1) is 6.61 Å². The topological polar surface area (TPSA) is 67.4 Å². The van der Waals surface area contributed by atoms with E-state index < -0.39 is 0 Å². The molecule has 3 aromatic carbocycles. The molecule has 0 fully saturated rings. The van der Waals surface area contributed by atoms with Gasteiger partial charge in [-0.15, -0.1) is 0 Å². The van der Waals surface area contributed by atoms with E-state index in [4.69, 9.17) is 4.74 Å². The summed E-state index contributed by atoms with van der Waals surface area (Å²) in [5, 5.41) is 5.77. The first-order valence-corrected chi connectivity index (χ1v) is 11.7. The van der Waals surface area contributed by atoms with Crippen LogP contribution in [0.25, 0.3) is 0 Å². The highest BCUT2D eigenvalue weighted by Crippen LogP contribution is 2.23. The maximum absolute atomic E-state index is 12.6. The standard InChI is InChI=1S/C29H34N2O3/c1-20(2)18-19-34-26-16-8-22(9-17-26)28(33)31-25-14-12-24(13-15-25)30-27(32)21-6-10-23(11-7-21)29(3,4)5/h6-17,20H,18-19H2,1-5H3,(H,30,32)(H,31,33). The van der Waals surface area contributed by atoms with Crippen LogP contribution < -0.4 is 15.4 Å². The lowest BCUT2D eigenvalue weighted by atomic mass is 9.87. The van der Waals surface area contributed by atoms with Gasteiger partial charge in [-0.3, -0.25) is 9.59 Å². The zero-order chi connectivity index (χ0) is 24.7. The van der Waals surface area contributed by atoms with Crippen LogP contribution in [0.15, 0.2) is 72.8 Å². The van der Waals surface area contributed by atoms with Gasteiger partial charge in [0.2, 0.25) is 0 Å². The van der Waals surface area contributed by atoms with Crippen molar-refractivity contribution < 1.29 is 14.3 Å². The van der Waals surface area contributed by atoms with Crippen LogP contribution >= 0.6 is 0 Å². The number of benzene rings is 3. The van der Waals surface area contributed by atoms with Gasteiger partial charge in [-0.1, -0.05) is 46.8 Å². The van der Waals surface area contributed by atoms with E-state index in [9.17, 15) is 9.59 Å². The Hall–Kier alpha value is -3.60. The van der Waals surface area contributed by atoms with Gasteiger partial charge < -0.3 is 15.4 Å². The number of carbonyl (C=O) groups is 2. The monoisotopic (exact) mass is 458 g/mol. The lowest BCUT2D eigenvalue weighted by Gasteiger charge is -2.19. The molecule has 0 bridgehead atoms. The summed E-state index contributed by atoms with van der Waals surface area (Å²) in [6.45, 7) is 11.4. The summed E-state index contributed by atoms with van der Waals surface area (Å²) in [7, 11) is 0. The Labute approximate surface area is 202 Å². The predicted molar refractivity (Wildman–Crippen MR) is 139 cm³/mol. The summed E-state index contributed by atoms with van der Waals surface area (Å²) >= 11 is 0. The van der Waals surface area contributed by atoms with Gasteiger partial charge in [-0.2, -0.15) is 0 Å². The molecule has 0 radical (unpaired) electrons. The quantitative estimate of drug-likeness (QED) is 0.385. The fourth-order valence-electron chi connectivity index (χ4n) is 3.28. The first kappa shape index (κ1) is 25.0. The minimum Gasteiger partial charge on any atom is -0.494 e. The molecule has 0 aliphatic carbocycles. The third-order valence-electron chi connectivity index (χ3n) is 5.49. The molecular formula is C29H34N2O3. The number of rotatable bonds is 8. The zero-order valence-electron chi connectivity index (χ0n) is 20.6. The number of hydrogen-bond acceptors (Lipinski definition) is 3. The third-order valence-corrected chi connectivity index (χ3v) is 5.49. The Morgan fingerprint density at radius 3 is 1.59 bits per heavy atom. The number of hydrogen-bond donors (Lipinski definition) is 2. The first-order valence-electron chi connectivity index (χ1n) is 11.7. The van der Waals surface area contributed by atoms with Crippen LogP contribution in [0.5, 0.6) is 5.75 Å². The maximum atomic E-state index is 12.6. The molecule has 5 heteroatoms. The molecule has 0 heterocycles. The number of anilines is 2. The van der Waals surface area contributed by atoms with E-state index in [1.54, 1.807) is 36.4 Å². The summed E-state index contributed by atoms with van der Waals surface area (Å²) in [6.07, 6.45) is 0.988. The second-order valence-electron chi connectivity index (χ2n) is 9.87. The van der Waals surface area contributed by atoms with Crippen molar-refractivity contribution in [3.8, 4) is 5.75 Å². The highest BCUT2D eigenvalue weighted by atomic mass is 16.5. The van der Waals surface area contributed by atoms with Crippen LogP contribution in [0.3, 0.4) is 0 Å². The molecule has 0 atom stereocenters. The fourth-order valence-corrected chi connectivity index (χ4v) is 3.28. The molecule has 0 aliphatic rings. The van der Waals surface area contributed by atoms with Gasteiger partial charge in [0.15, 0.2) is 0 Å². The fraction of sp³-hybridized carbons (Fsp3) is 0.310. The molecular weight excluding hydrogens is 424 g/mol. The number of amides is 2. The van der Waals surface area contributed by atoms with Crippen molar-refractivity contribution in [3.63, 3.8) is 0 Å². The third kappa shape index (κ3) is 7.20. The van der Waals surface area contributed by atoms with Gasteiger partial charge in [0, 0.05) is 22.5 Å². The molecule has 34 heavy (non-hydrogen) atoms. The molecule has 0 saturated carbocycles. The lowest BCUT2D eigenvalue weighted by Crippen LogP contribution is -2.14. The average Bonchev–Trinajstić information content (AvgIpc) is 2.80. The zero-order valence-corrected chi connectivity index (χ0v) is 20.6. The average molecular weight is 459 g/mol. The molecule has 2 N–H and O–H groups in total. The Balaban J connectivity index is 1.54. The summed E-state index contributed by atoms with van der Waals surface area (Å²) in [6, 6.07) is 21.8. The summed E-state index contributed by atoms with van der Waals surface area (Å²) < 4.78 is 5.70. The van der Waals surface area contributed by atoms with Crippen LogP contribution in [0, 0.1) is 5.92 Å². The number of ether oxygens (including phenoxy) is 1. The second kappa shape index (κ2) is 11.0. The molecule has 0 aliphatic heterocycles. The summed E-state index contributed by atoms with van der Waals surface area (Å²) in [5.41, 5.74) is 3.67. The van der Waals surface area contributed by atoms with Crippen molar-refractivity contribution in [2.45, 2.75) is 46.5 Å². The van der Waals surface area contributed by atoms with Crippen LogP contribution in [0.1, 0.15) is 67.3 Å². The molecule has 178 valence electrons. The molecule has 0 aromatic heterocycles. The van der Waals surface area contributed by atoms with Crippen molar-refractivity contribution in [1.29, 1.82) is 0 Å². The van der Waals surface area contributed by atoms with Crippen LogP contribution in [-0.2, 0) is 5.41 Å². The van der Waals surface area contributed by atoms with Crippen LogP contribution in [-0.4, -0.2) is 18.4 Å². The Kier molecular flexibility index (Phi) is 8.11. The van der Waals surface area contributed by atoms with E-state index in [1.165, 1.54) is 5.56 Å². The van der Waals surface area contributed by atoms with E-state index in [0.717, 1.165) is 12.2 Å². The van der Waals surface area contributed by atoms with Crippen molar-refractivity contribution in [1.82, 2.24) is 0 Å². The minimum absolute atomic E-state index is 0.0402. The lowest BCUT2D eigenvalue weighted by molar-refractivity contribution is 0.101. The van der Waals surface area contributed by atoms with Gasteiger partial charge in [0.1, 0.15) is 5.75 Å². The predicted octanol–water partition coefficient (Wildman–Crippen LogP) is 6.91. The van der Waals surface area contributed by atoms with E-state index in [2.05, 4.69) is 45.3 Å². The molecule has 3 rings (SSSR count). The van der Waals surface area contributed by atoms with Crippen LogP contribution in [0.2, 0.25) is 0 Å². The van der Waals surface area contributed by atoms with Crippen molar-refractivity contribution in [3.05, 3.63) is 89.5 Å². The van der Waals surface area contributed by atoms with Gasteiger partial charge in [0.25, 0.3) is 11.8 Å². The normalized spacial score (nSPS) is 11.2. The van der Waals surface area contributed by atoms with E-state index in [1.807, 2.05) is 36.4 Å². The Morgan fingerprint density at radius 1 is 0.735 bits per heavy atom. The van der Waals surface area contributed by atoms with Crippen molar-refractivity contribution in [2.24, 2.45) is 5.92 Å². The smallest absolute Gasteiger partial charge is 0.255 e. The van der Waals surface area contributed by atoms with Crippen molar-refractivity contribution >= 4 is 23.2 Å². The molecule has 0 spiro atoms. The van der Waals surface area contributed by atoms with Gasteiger partial charge in [-0.25, -0.2) is 0 Å². The number of carbonyl (C=O) groups excluding carboxylic acids is 2. The van der Waals surface area contributed by atoms with Crippen molar-refractivity contribution in [2.75, 3.05) is 17.2 Å². The maximum Gasteiger partial charge on any atom is 0.255 e. The van der Waals surface area contributed by atoms with Gasteiger partial charge in [-0.05, 0) is 84.0 Å². The second-order valence-corrected chi connectivity index (χ2v) is 9.87. The van der Waals surface area contributed by atoms with Gasteiger partial charge >= 0.3 is 0 Å². The largest absolute Gasteiger partial charge is 0.494 e. The Bertz CT molecular complexity index is 1090. The molecule has 3 aromatic rings.